The lowest BCUT2D eigenvalue weighted by Crippen LogP contribution is -3.00. The van der Waals surface area contributed by atoms with Gasteiger partial charge in [0, 0.05) is 41.8 Å². The molecule has 9 nitrogen and oxygen atoms in total. The molecule has 0 atom stereocenters. The predicted octanol–water partition coefficient (Wildman–Crippen LogP) is 5.56. The minimum atomic E-state index is -0.693. The van der Waals surface area contributed by atoms with Crippen LogP contribution in [-0.4, -0.2) is 26.7 Å². The van der Waals surface area contributed by atoms with E-state index in [4.69, 9.17) is 9.47 Å². The van der Waals surface area contributed by atoms with Crippen LogP contribution >= 0.6 is 0 Å². The quantitative estimate of drug-likeness (QED) is 0.132. The highest BCUT2D eigenvalue weighted by molar-refractivity contribution is 6.03. The fourth-order valence-corrected chi connectivity index (χ4v) is 6.17. The highest BCUT2D eigenvalue weighted by Crippen LogP contribution is 2.44. The van der Waals surface area contributed by atoms with Crippen molar-refractivity contribution in [2.45, 2.75) is 51.9 Å². The zero-order valence-electron chi connectivity index (χ0n) is 24.7. The summed E-state index contributed by atoms with van der Waals surface area (Å²) < 4.78 is 14.8. The lowest BCUT2D eigenvalue weighted by Gasteiger charge is -2.27. The number of benzene rings is 3. The van der Waals surface area contributed by atoms with Crippen molar-refractivity contribution >= 4 is 28.8 Å². The Morgan fingerprint density at radius 1 is 1.00 bits per heavy atom. The third-order valence-corrected chi connectivity index (χ3v) is 8.27. The number of ether oxygens (including phenoxy) is 2. The van der Waals surface area contributed by atoms with Gasteiger partial charge in [-0.1, -0.05) is 25.1 Å². The van der Waals surface area contributed by atoms with E-state index in [1.54, 1.807) is 12.1 Å². The molecule has 0 aromatic heterocycles. The first-order valence-corrected chi connectivity index (χ1v) is 14.5. The smallest absolute Gasteiger partial charge is 0.318 e. The normalized spacial score (nSPS) is 16.4. The lowest BCUT2D eigenvalue weighted by molar-refractivity contribution is -0.437. The Bertz CT molecular complexity index is 1800. The fraction of sp³-hybridized carbons (Fsp3) is 0.265. The first kappa shape index (κ1) is 31.1. The average molecular weight is 706 g/mol. The summed E-state index contributed by atoms with van der Waals surface area (Å²) in [6, 6.07) is 17.2. The molecule has 0 saturated carbocycles. The maximum atomic E-state index is 11.6. The topological polar surface area (TPSA) is 108 Å². The molecule has 226 valence electrons. The molecule has 0 unspecified atom stereocenters. The molecule has 44 heavy (non-hydrogen) atoms. The molecule has 3 aromatic carbocycles. The zero-order chi connectivity index (χ0) is 30.3. The number of halogens is 1. The van der Waals surface area contributed by atoms with Gasteiger partial charge in [0.05, 0.1) is 21.3 Å². The van der Waals surface area contributed by atoms with Crippen LogP contribution in [0.3, 0.4) is 0 Å². The van der Waals surface area contributed by atoms with E-state index < -0.39 is 15.5 Å². The molecule has 2 heterocycles. The van der Waals surface area contributed by atoms with Crippen LogP contribution in [0.2, 0.25) is 0 Å². The Labute approximate surface area is 272 Å². The van der Waals surface area contributed by atoms with Gasteiger partial charge in [0.1, 0.15) is 23.8 Å². The van der Waals surface area contributed by atoms with Crippen LogP contribution in [0.25, 0.3) is 6.08 Å². The highest BCUT2D eigenvalue weighted by atomic mass is 127. The molecule has 0 amide bonds. The van der Waals surface area contributed by atoms with E-state index in [1.807, 2.05) is 6.07 Å². The summed E-state index contributed by atoms with van der Waals surface area (Å²) >= 11 is 0. The van der Waals surface area contributed by atoms with Crippen LogP contribution in [-0.2, 0) is 5.41 Å². The van der Waals surface area contributed by atoms with Gasteiger partial charge >= 0.3 is 5.69 Å². The van der Waals surface area contributed by atoms with Crippen molar-refractivity contribution in [3.05, 3.63) is 121 Å². The Hall–Kier alpha value is -4.32. The number of rotatable bonds is 8. The second-order valence-electron chi connectivity index (χ2n) is 11.5. The van der Waals surface area contributed by atoms with Gasteiger partial charge in [0.25, 0.3) is 5.69 Å². The maximum Gasteiger partial charge on any atom is 0.318 e. The van der Waals surface area contributed by atoms with Crippen molar-refractivity contribution < 1.29 is 47.9 Å². The first-order chi connectivity index (χ1) is 20.7. The molecule has 0 spiro atoms. The van der Waals surface area contributed by atoms with E-state index in [2.05, 4.69) is 67.8 Å². The molecule has 2 aliphatic heterocycles. The standard InChI is InChI=1S/C34H32N3O6.HI/c1-4-18-35-28-11-6-5-10-27(28)34(2,3)32(35)17-13-22-8-7-9-24-19-23-12-15-26(21-31(23)43-33(22)24)42-30-16-14-25(36(38)39)20-29(30)37(40)41;/h5-6,10-17,19-21H,4,7-9,18H2,1-3H3;1H/q+1;/p-1. The predicted molar refractivity (Wildman–Crippen MR) is 164 cm³/mol. The molecule has 0 N–H and O–H groups in total. The summed E-state index contributed by atoms with van der Waals surface area (Å²) in [6.07, 6.45) is 10.4. The van der Waals surface area contributed by atoms with Gasteiger partial charge in [-0.15, -0.1) is 0 Å². The van der Waals surface area contributed by atoms with Gasteiger partial charge in [0.2, 0.25) is 11.4 Å². The summed E-state index contributed by atoms with van der Waals surface area (Å²) in [7, 11) is 0. The largest absolute Gasteiger partial charge is 1.00 e. The number of hydrogen-bond acceptors (Lipinski definition) is 6. The molecule has 3 aromatic rings. The number of nitro benzene ring substituents is 2. The van der Waals surface area contributed by atoms with Crippen molar-refractivity contribution in [3.8, 4) is 17.2 Å². The number of nitrogens with zero attached hydrogens (tertiary/aromatic N) is 3. The van der Waals surface area contributed by atoms with E-state index in [0.29, 0.717) is 11.5 Å². The highest BCUT2D eigenvalue weighted by Gasteiger charge is 2.43. The van der Waals surface area contributed by atoms with Crippen molar-refractivity contribution in [3.63, 3.8) is 0 Å². The minimum Gasteiger partial charge on any atom is -1.00 e. The molecular weight excluding hydrogens is 673 g/mol. The first-order valence-electron chi connectivity index (χ1n) is 14.5. The number of fused-ring (bicyclic) bond motifs is 3. The number of hydrogen-bond donors (Lipinski definition) is 0. The fourth-order valence-electron chi connectivity index (χ4n) is 6.17. The van der Waals surface area contributed by atoms with Gasteiger partial charge in [-0.05, 0) is 74.6 Å². The number of para-hydroxylation sites is 1. The summed E-state index contributed by atoms with van der Waals surface area (Å²) in [5.74, 6) is 1.67. The third-order valence-electron chi connectivity index (χ3n) is 8.27. The van der Waals surface area contributed by atoms with Crippen LogP contribution < -0.4 is 33.5 Å². The van der Waals surface area contributed by atoms with E-state index in [0.717, 1.165) is 60.8 Å². The third kappa shape index (κ3) is 5.66. The monoisotopic (exact) mass is 705 g/mol. The van der Waals surface area contributed by atoms with Crippen molar-refractivity contribution in [2.24, 2.45) is 0 Å². The molecule has 6 rings (SSSR count). The van der Waals surface area contributed by atoms with E-state index in [-0.39, 0.29) is 40.8 Å². The van der Waals surface area contributed by atoms with Crippen LogP contribution in [0.15, 0.2) is 89.7 Å². The molecule has 10 heteroatoms. The average Bonchev–Trinajstić information content (AvgIpc) is 3.20. The summed E-state index contributed by atoms with van der Waals surface area (Å²) in [4.78, 5) is 21.3. The van der Waals surface area contributed by atoms with Gasteiger partial charge in [0.15, 0.2) is 5.71 Å². The molecule has 0 bridgehead atoms. The van der Waals surface area contributed by atoms with Crippen LogP contribution in [0.4, 0.5) is 17.1 Å². The number of allylic oxidation sites excluding steroid dienone is 4. The van der Waals surface area contributed by atoms with Crippen LogP contribution in [0.1, 0.15) is 57.6 Å². The van der Waals surface area contributed by atoms with Gasteiger partial charge < -0.3 is 33.5 Å². The summed E-state index contributed by atoms with van der Waals surface area (Å²) in [5, 5.41) is 22.7. The minimum absolute atomic E-state index is 0. The Morgan fingerprint density at radius 2 is 1.80 bits per heavy atom. The Balaban J connectivity index is 0.00000384. The second kappa shape index (κ2) is 12.4. The van der Waals surface area contributed by atoms with E-state index in [1.165, 1.54) is 29.1 Å². The molecule has 0 radical (unpaired) electrons. The van der Waals surface area contributed by atoms with Gasteiger partial charge in [-0.25, -0.2) is 0 Å². The molecular formula is C34H32IN3O6. The Morgan fingerprint density at radius 3 is 2.55 bits per heavy atom. The number of nitro groups is 2. The SMILES string of the molecule is CCC[N+]1=C(C=CC2=C3Oc4cc(Oc5ccc([N+](=O)[O-])cc5[N+](=O)[O-])ccc4C=C3CCC2)C(C)(C)c2ccccc21.[I-]. The number of non-ortho nitro benzene ring substituents is 1. The van der Waals surface area contributed by atoms with Crippen molar-refractivity contribution in [1.29, 1.82) is 0 Å². The molecule has 3 aliphatic rings. The molecule has 1 aliphatic carbocycles. The Kier molecular flexibility index (Phi) is 8.73. The van der Waals surface area contributed by atoms with Crippen molar-refractivity contribution in [2.75, 3.05) is 6.54 Å². The van der Waals surface area contributed by atoms with E-state index >= 15 is 0 Å². The van der Waals surface area contributed by atoms with Gasteiger partial charge in [-0.2, -0.15) is 4.58 Å². The van der Waals surface area contributed by atoms with Gasteiger partial charge in [-0.3, -0.25) is 20.2 Å². The molecule has 0 fully saturated rings. The van der Waals surface area contributed by atoms with Crippen LogP contribution in [0, 0.1) is 20.2 Å². The van der Waals surface area contributed by atoms with E-state index in [9.17, 15) is 20.2 Å². The summed E-state index contributed by atoms with van der Waals surface area (Å²) in [5.41, 5.74) is 6.02. The maximum absolute atomic E-state index is 11.6. The molecule has 0 saturated heterocycles. The second-order valence-corrected chi connectivity index (χ2v) is 11.5. The van der Waals surface area contributed by atoms with Crippen molar-refractivity contribution in [1.82, 2.24) is 0 Å². The zero-order valence-corrected chi connectivity index (χ0v) is 26.9. The van der Waals surface area contributed by atoms with Crippen LogP contribution in [0.5, 0.6) is 17.2 Å². The summed E-state index contributed by atoms with van der Waals surface area (Å²) in [6.45, 7) is 7.69. The lowest BCUT2D eigenvalue weighted by atomic mass is 9.81.